The van der Waals surface area contributed by atoms with Gasteiger partial charge in [0.2, 0.25) is 0 Å². The molecule has 0 bridgehead atoms. The molecule has 0 N–H and O–H groups in total. The zero-order chi connectivity index (χ0) is 14.8. The van der Waals surface area contributed by atoms with E-state index in [0.717, 1.165) is 25.9 Å². The summed E-state index contributed by atoms with van der Waals surface area (Å²) in [6, 6.07) is 0. The quantitative estimate of drug-likeness (QED) is 0.547. The molecule has 0 radical (unpaired) electrons. The summed E-state index contributed by atoms with van der Waals surface area (Å²) >= 11 is 0. The van der Waals surface area contributed by atoms with Crippen LogP contribution >= 0.6 is 0 Å². The minimum absolute atomic E-state index is 0.122. The highest BCUT2D eigenvalue weighted by molar-refractivity contribution is 4.89. The maximum atomic E-state index is 5.93. The molecule has 0 aromatic heterocycles. The molecule has 4 atom stereocenters. The summed E-state index contributed by atoms with van der Waals surface area (Å²) in [6.07, 6.45) is 2.13. The van der Waals surface area contributed by atoms with Crippen LogP contribution in [0, 0.1) is 0 Å². The van der Waals surface area contributed by atoms with E-state index in [1.54, 1.807) is 7.11 Å². The Morgan fingerprint density at radius 3 is 2.00 bits per heavy atom. The lowest BCUT2D eigenvalue weighted by Gasteiger charge is -2.24. The van der Waals surface area contributed by atoms with Crippen molar-refractivity contribution in [1.82, 2.24) is 0 Å². The van der Waals surface area contributed by atoms with Gasteiger partial charge in [0.1, 0.15) is 18.3 Å². The number of ether oxygens (including phenoxy) is 5. The second-order valence-electron chi connectivity index (χ2n) is 5.02. The van der Waals surface area contributed by atoms with E-state index in [-0.39, 0.29) is 24.6 Å². The molecule has 20 heavy (non-hydrogen) atoms. The van der Waals surface area contributed by atoms with Gasteiger partial charge in [0.15, 0.2) is 6.29 Å². The van der Waals surface area contributed by atoms with Gasteiger partial charge in [-0.25, -0.2) is 0 Å². The normalized spacial score (nSPS) is 30.0. The van der Waals surface area contributed by atoms with Crippen LogP contribution in [0.2, 0.25) is 0 Å². The van der Waals surface area contributed by atoms with Crippen LogP contribution in [-0.2, 0) is 23.7 Å². The lowest BCUT2D eigenvalue weighted by molar-refractivity contribution is -0.167. The summed E-state index contributed by atoms with van der Waals surface area (Å²) < 4.78 is 28.7. The fourth-order valence-corrected chi connectivity index (χ4v) is 2.24. The van der Waals surface area contributed by atoms with Gasteiger partial charge in [-0.2, -0.15) is 0 Å². The van der Waals surface area contributed by atoms with E-state index < -0.39 is 0 Å². The van der Waals surface area contributed by atoms with E-state index in [0.29, 0.717) is 19.8 Å². The van der Waals surface area contributed by atoms with Crippen molar-refractivity contribution >= 4 is 0 Å². The first-order valence-electron chi connectivity index (χ1n) is 7.77. The second kappa shape index (κ2) is 10.5. The number of methoxy groups -OCH3 is 1. The summed E-state index contributed by atoms with van der Waals surface area (Å²) in [4.78, 5) is 0. The molecule has 0 aromatic rings. The maximum absolute atomic E-state index is 5.93. The van der Waals surface area contributed by atoms with Crippen molar-refractivity contribution in [2.24, 2.45) is 0 Å². The Kier molecular flexibility index (Phi) is 9.39. The van der Waals surface area contributed by atoms with Crippen molar-refractivity contribution in [3.05, 3.63) is 0 Å². The molecule has 5 nitrogen and oxygen atoms in total. The van der Waals surface area contributed by atoms with Gasteiger partial charge < -0.3 is 23.7 Å². The van der Waals surface area contributed by atoms with E-state index in [1.807, 2.05) is 0 Å². The van der Waals surface area contributed by atoms with Crippen LogP contribution in [0.4, 0.5) is 0 Å². The Morgan fingerprint density at radius 2 is 1.45 bits per heavy atom. The van der Waals surface area contributed by atoms with E-state index in [2.05, 4.69) is 20.8 Å². The predicted molar refractivity (Wildman–Crippen MR) is 76.8 cm³/mol. The molecule has 1 heterocycles. The standard InChI is InChI=1S/C15H30O5/c1-5-8-17-11-12-13(18-9-6-2)14(19-10-7-3)15(16-4)20-12/h12-15H,5-11H2,1-4H3/t12-,13-,14-,15?/m1/s1. The topological polar surface area (TPSA) is 46.2 Å². The van der Waals surface area contributed by atoms with Crippen molar-refractivity contribution in [3.8, 4) is 0 Å². The summed E-state index contributed by atoms with van der Waals surface area (Å²) in [7, 11) is 1.64. The zero-order valence-corrected chi connectivity index (χ0v) is 13.3. The highest BCUT2D eigenvalue weighted by Gasteiger charge is 2.46. The Hall–Kier alpha value is -0.200. The summed E-state index contributed by atoms with van der Waals surface area (Å²) in [5.74, 6) is 0. The minimum atomic E-state index is -0.376. The summed E-state index contributed by atoms with van der Waals surface area (Å²) in [5.41, 5.74) is 0. The van der Waals surface area contributed by atoms with Gasteiger partial charge in [-0.05, 0) is 19.3 Å². The molecule has 0 aromatic carbocycles. The van der Waals surface area contributed by atoms with Crippen LogP contribution in [0.25, 0.3) is 0 Å². The third-order valence-corrected chi connectivity index (χ3v) is 3.16. The number of rotatable bonds is 11. The van der Waals surface area contributed by atoms with Crippen molar-refractivity contribution in [1.29, 1.82) is 0 Å². The van der Waals surface area contributed by atoms with E-state index in [1.165, 1.54) is 0 Å². The molecule has 1 saturated heterocycles. The van der Waals surface area contributed by atoms with Crippen molar-refractivity contribution in [2.45, 2.75) is 64.6 Å². The predicted octanol–water partition coefficient (Wildman–Crippen LogP) is 2.37. The van der Waals surface area contributed by atoms with Crippen LogP contribution in [-0.4, -0.2) is 58.1 Å². The molecule has 1 fully saturated rings. The highest BCUT2D eigenvalue weighted by Crippen LogP contribution is 2.28. The molecule has 5 heteroatoms. The monoisotopic (exact) mass is 290 g/mol. The van der Waals surface area contributed by atoms with Crippen LogP contribution in [0.15, 0.2) is 0 Å². The second-order valence-corrected chi connectivity index (χ2v) is 5.02. The Labute approximate surface area is 122 Å². The van der Waals surface area contributed by atoms with Gasteiger partial charge in [0.05, 0.1) is 6.61 Å². The average Bonchev–Trinajstić information content (AvgIpc) is 2.80. The highest BCUT2D eigenvalue weighted by atomic mass is 16.7. The van der Waals surface area contributed by atoms with Gasteiger partial charge in [0, 0.05) is 26.9 Å². The van der Waals surface area contributed by atoms with Crippen molar-refractivity contribution in [3.63, 3.8) is 0 Å². The lowest BCUT2D eigenvalue weighted by atomic mass is 10.1. The van der Waals surface area contributed by atoms with E-state index in [4.69, 9.17) is 23.7 Å². The van der Waals surface area contributed by atoms with E-state index in [9.17, 15) is 0 Å². The molecule has 0 saturated carbocycles. The minimum Gasteiger partial charge on any atom is -0.379 e. The van der Waals surface area contributed by atoms with Crippen LogP contribution < -0.4 is 0 Å². The van der Waals surface area contributed by atoms with Crippen LogP contribution in [0.5, 0.6) is 0 Å². The Morgan fingerprint density at radius 1 is 0.850 bits per heavy atom. The zero-order valence-electron chi connectivity index (χ0n) is 13.3. The number of hydrogen-bond acceptors (Lipinski definition) is 5. The van der Waals surface area contributed by atoms with Crippen LogP contribution in [0.1, 0.15) is 40.0 Å². The molecule has 1 aliphatic rings. The Balaban J connectivity index is 2.60. The van der Waals surface area contributed by atoms with E-state index >= 15 is 0 Å². The van der Waals surface area contributed by atoms with Gasteiger partial charge in [-0.1, -0.05) is 20.8 Å². The molecule has 0 aliphatic carbocycles. The molecular weight excluding hydrogens is 260 g/mol. The number of hydrogen-bond donors (Lipinski definition) is 0. The van der Waals surface area contributed by atoms with Crippen molar-refractivity contribution in [2.75, 3.05) is 33.5 Å². The SMILES string of the molecule is CCCOC[C@H]1OC(OC)[C@H](OCCC)[C@@H]1OCCC. The molecule has 1 rings (SSSR count). The fraction of sp³-hybridized carbons (Fsp3) is 1.00. The molecule has 0 spiro atoms. The first-order valence-corrected chi connectivity index (χ1v) is 7.77. The van der Waals surface area contributed by atoms with Crippen LogP contribution in [0.3, 0.4) is 0 Å². The summed E-state index contributed by atoms with van der Waals surface area (Å²) in [6.45, 7) is 8.90. The lowest BCUT2D eigenvalue weighted by Crippen LogP contribution is -2.40. The van der Waals surface area contributed by atoms with Crippen molar-refractivity contribution < 1.29 is 23.7 Å². The molecule has 0 amide bonds. The third-order valence-electron chi connectivity index (χ3n) is 3.16. The summed E-state index contributed by atoms with van der Waals surface area (Å²) in [5, 5.41) is 0. The third kappa shape index (κ3) is 5.30. The molecule has 120 valence electrons. The van der Waals surface area contributed by atoms with Gasteiger partial charge >= 0.3 is 0 Å². The molecule has 1 aliphatic heterocycles. The molecule has 1 unspecified atom stereocenters. The first-order chi connectivity index (χ1) is 9.78. The smallest absolute Gasteiger partial charge is 0.186 e. The largest absolute Gasteiger partial charge is 0.379 e. The Bertz CT molecular complexity index is 236. The van der Waals surface area contributed by atoms with Gasteiger partial charge in [-0.3, -0.25) is 0 Å². The van der Waals surface area contributed by atoms with Gasteiger partial charge in [0.25, 0.3) is 0 Å². The fourth-order valence-electron chi connectivity index (χ4n) is 2.24. The van der Waals surface area contributed by atoms with Gasteiger partial charge in [-0.15, -0.1) is 0 Å². The molecular formula is C15H30O5. The first kappa shape index (κ1) is 17.9. The maximum Gasteiger partial charge on any atom is 0.186 e. The average molecular weight is 290 g/mol.